The highest BCUT2D eigenvalue weighted by Gasteiger charge is 2.23. The van der Waals surface area contributed by atoms with E-state index in [0.717, 1.165) is 0 Å². The summed E-state index contributed by atoms with van der Waals surface area (Å²) in [5.41, 5.74) is 1.58. The van der Waals surface area contributed by atoms with Gasteiger partial charge in [0, 0.05) is 6.04 Å². The molecule has 7 heteroatoms. The molecule has 29 heavy (non-hydrogen) atoms. The van der Waals surface area contributed by atoms with Crippen LogP contribution in [0.25, 0.3) is 10.2 Å². The first kappa shape index (κ1) is 21.2. The topological polar surface area (TPSA) is 84.1 Å². The van der Waals surface area contributed by atoms with Gasteiger partial charge in [-0.1, -0.05) is 44.2 Å². The zero-order chi connectivity index (χ0) is 21.1. The Balaban J connectivity index is 1.95. The van der Waals surface area contributed by atoms with Crippen molar-refractivity contribution in [2.24, 2.45) is 5.92 Å². The summed E-state index contributed by atoms with van der Waals surface area (Å²) in [5, 5.41) is 4.04. The molecule has 6 nitrogen and oxygen atoms in total. The maximum Gasteiger partial charge on any atom is 0.348 e. The minimum atomic E-state index is -0.413. The van der Waals surface area contributed by atoms with E-state index in [2.05, 4.69) is 41.3 Å². The fourth-order valence-electron chi connectivity index (χ4n) is 3.44. The molecule has 2 atom stereocenters. The average Bonchev–Trinajstić information content (AvgIpc) is 3.03. The number of H-pyrrole nitrogens is 1. The summed E-state index contributed by atoms with van der Waals surface area (Å²) in [4.78, 5) is 33.5. The maximum atomic E-state index is 12.7. The molecule has 0 unspecified atom stereocenters. The molecule has 0 amide bonds. The first-order valence-corrected chi connectivity index (χ1v) is 10.7. The van der Waals surface area contributed by atoms with Crippen LogP contribution in [0, 0.1) is 12.8 Å². The SMILES string of the molecule is CCOC(=O)c1sc2nc([C@H](C)N[C@@H](c3ccccc3)C(C)C)[nH]c(=O)c2c1C. The number of nitrogens with zero attached hydrogens (tertiary/aromatic N) is 1. The number of hydrogen-bond acceptors (Lipinski definition) is 6. The summed E-state index contributed by atoms with van der Waals surface area (Å²) in [6.45, 7) is 10.1. The van der Waals surface area contributed by atoms with Crippen LogP contribution in [-0.2, 0) is 4.74 Å². The second kappa shape index (κ2) is 8.88. The molecule has 0 aliphatic rings. The van der Waals surface area contributed by atoms with Gasteiger partial charge >= 0.3 is 5.97 Å². The maximum absolute atomic E-state index is 12.7. The molecular weight excluding hydrogens is 386 g/mol. The van der Waals surface area contributed by atoms with Gasteiger partial charge in [0.05, 0.1) is 18.0 Å². The number of rotatable bonds is 7. The van der Waals surface area contributed by atoms with Gasteiger partial charge in [0.1, 0.15) is 15.5 Å². The Bertz CT molecular complexity index is 1060. The van der Waals surface area contributed by atoms with E-state index >= 15 is 0 Å². The molecular formula is C22H27N3O3S. The molecule has 0 radical (unpaired) electrons. The summed E-state index contributed by atoms with van der Waals surface area (Å²) < 4.78 is 5.10. The number of esters is 1. The number of nitrogens with one attached hydrogen (secondary N) is 2. The number of aromatic amines is 1. The first-order chi connectivity index (χ1) is 13.8. The van der Waals surface area contributed by atoms with Gasteiger partial charge in [-0.2, -0.15) is 0 Å². The molecule has 1 aromatic carbocycles. The van der Waals surface area contributed by atoms with E-state index < -0.39 is 5.97 Å². The molecule has 154 valence electrons. The molecule has 0 spiro atoms. The molecule has 0 saturated heterocycles. The van der Waals surface area contributed by atoms with Crippen molar-refractivity contribution in [3.05, 3.63) is 62.5 Å². The van der Waals surface area contributed by atoms with Crippen LogP contribution in [0.5, 0.6) is 0 Å². The van der Waals surface area contributed by atoms with Crippen molar-refractivity contribution < 1.29 is 9.53 Å². The van der Waals surface area contributed by atoms with Crippen LogP contribution in [0.3, 0.4) is 0 Å². The predicted molar refractivity (Wildman–Crippen MR) is 117 cm³/mol. The normalized spacial score (nSPS) is 13.6. The molecule has 0 fully saturated rings. The second-order valence-corrected chi connectivity index (χ2v) is 8.43. The summed E-state index contributed by atoms with van der Waals surface area (Å²) >= 11 is 1.21. The zero-order valence-corrected chi connectivity index (χ0v) is 18.2. The highest BCUT2D eigenvalue weighted by molar-refractivity contribution is 7.20. The third kappa shape index (κ3) is 4.41. The Hall–Kier alpha value is -2.51. The smallest absolute Gasteiger partial charge is 0.348 e. The van der Waals surface area contributed by atoms with Crippen LogP contribution in [-0.4, -0.2) is 22.5 Å². The average molecular weight is 414 g/mol. The lowest BCUT2D eigenvalue weighted by Crippen LogP contribution is -2.30. The fraction of sp³-hybridized carbons (Fsp3) is 0.409. The summed E-state index contributed by atoms with van der Waals surface area (Å²) in [5.74, 6) is 0.500. The zero-order valence-electron chi connectivity index (χ0n) is 17.4. The van der Waals surface area contributed by atoms with E-state index in [4.69, 9.17) is 4.74 Å². The lowest BCUT2D eigenvalue weighted by Gasteiger charge is -2.26. The van der Waals surface area contributed by atoms with Crippen molar-refractivity contribution in [2.75, 3.05) is 6.61 Å². The standard InChI is InChI=1S/C22H27N3O3S/c1-6-28-22(27)18-13(4)16-20(26)24-19(25-21(16)29-18)14(5)23-17(12(2)3)15-10-8-7-9-11-15/h7-12,14,17,23H,6H2,1-5H3,(H,24,25,26)/t14-,17+/m0/s1. The highest BCUT2D eigenvalue weighted by atomic mass is 32.1. The quantitative estimate of drug-likeness (QED) is 0.557. The molecule has 0 aliphatic heterocycles. The van der Waals surface area contributed by atoms with Crippen LogP contribution in [0.2, 0.25) is 0 Å². The number of benzene rings is 1. The van der Waals surface area contributed by atoms with Gasteiger partial charge in [0.2, 0.25) is 0 Å². The van der Waals surface area contributed by atoms with Crippen molar-refractivity contribution in [2.45, 2.75) is 46.7 Å². The predicted octanol–water partition coefficient (Wildman–Crippen LogP) is 4.52. The number of aromatic nitrogens is 2. The molecule has 3 aromatic rings. The van der Waals surface area contributed by atoms with Gasteiger partial charge < -0.3 is 15.0 Å². The summed E-state index contributed by atoms with van der Waals surface area (Å²) in [6.07, 6.45) is 0. The van der Waals surface area contributed by atoms with Gasteiger partial charge in [-0.25, -0.2) is 9.78 Å². The van der Waals surface area contributed by atoms with E-state index in [1.165, 1.54) is 16.9 Å². The Morgan fingerprint density at radius 3 is 2.55 bits per heavy atom. The summed E-state index contributed by atoms with van der Waals surface area (Å²) in [7, 11) is 0. The Morgan fingerprint density at radius 2 is 1.93 bits per heavy atom. The monoisotopic (exact) mass is 413 g/mol. The van der Waals surface area contributed by atoms with E-state index in [9.17, 15) is 9.59 Å². The van der Waals surface area contributed by atoms with Crippen LogP contribution >= 0.6 is 11.3 Å². The Morgan fingerprint density at radius 1 is 1.24 bits per heavy atom. The minimum Gasteiger partial charge on any atom is -0.462 e. The second-order valence-electron chi connectivity index (χ2n) is 7.43. The van der Waals surface area contributed by atoms with Crippen molar-refractivity contribution >= 4 is 27.5 Å². The first-order valence-electron chi connectivity index (χ1n) is 9.84. The van der Waals surface area contributed by atoms with Gasteiger partial charge in [-0.3, -0.25) is 4.79 Å². The largest absolute Gasteiger partial charge is 0.462 e. The number of ether oxygens (including phenoxy) is 1. The Labute approximate surface area is 174 Å². The Kier molecular flexibility index (Phi) is 6.49. The van der Waals surface area contributed by atoms with Crippen LogP contribution in [0.4, 0.5) is 0 Å². The third-order valence-electron chi connectivity index (χ3n) is 4.94. The number of carbonyl (C=O) groups is 1. The van der Waals surface area contributed by atoms with Crippen molar-refractivity contribution in [1.29, 1.82) is 0 Å². The lowest BCUT2D eigenvalue weighted by atomic mass is 9.95. The third-order valence-corrected chi connectivity index (χ3v) is 6.11. The number of thiophene rings is 1. The van der Waals surface area contributed by atoms with E-state index in [0.29, 0.717) is 39.0 Å². The van der Waals surface area contributed by atoms with Crippen LogP contribution < -0.4 is 10.9 Å². The molecule has 2 N–H and O–H groups in total. The highest BCUT2D eigenvalue weighted by Crippen LogP contribution is 2.29. The molecule has 0 aliphatic carbocycles. The van der Waals surface area contributed by atoms with Gasteiger partial charge in [-0.05, 0) is 37.8 Å². The van der Waals surface area contributed by atoms with E-state index in [1.54, 1.807) is 13.8 Å². The van der Waals surface area contributed by atoms with Crippen LogP contribution in [0.1, 0.15) is 66.4 Å². The fourth-order valence-corrected chi connectivity index (χ4v) is 4.52. The van der Waals surface area contributed by atoms with E-state index in [-0.39, 0.29) is 17.6 Å². The lowest BCUT2D eigenvalue weighted by molar-refractivity contribution is 0.0531. The number of fused-ring (bicyclic) bond motifs is 1. The number of aryl methyl sites for hydroxylation is 1. The van der Waals surface area contributed by atoms with Crippen molar-refractivity contribution in [3.8, 4) is 0 Å². The van der Waals surface area contributed by atoms with E-state index in [1.807, 2.05) is 25.1 Å². The summed E-state index contributed by atoms with van der Waals surface area (Å²) in [6, 6.07) is 10.2. The molecule has 0 saturated carbocycles. The van der Waals surface area contributed by atoms with Crippen LogP contribution in [0.15, 0.2) is 35.1 Å². The number of carbonyl (C=O) groups excluding carboxylic acids is 1. The molecule has 2 aromatic heterocycles. The van der Waals surface area contributed by atoms with Gasteiger partial charge in [-0.15, -0.1) is 11.3 Å². The molecule has 2 heterocycles. The van der Waals surface area contributed by atoms with Crippen molar-refractivity contribution in [3.63, 3.8) is 0 Å². The van der Waals surface area contributed by atoms with Crippen molar-refractivity contribution in [1.82, 2.24) is 15.3 Å². The van der Waals surface area contributed by atoms with Gasteiger partial charge in [0.15, 0.2) is 0 Å². The minimum absolute atomic E-state index is 0.118. The number of hydrogen-bond donors (Lipinski definition) is 2. The molecule has 0 bridgehead atoms. The van der Waals surface area contributed by atoms with Gasteiger partial charge in [0.25, 0.3) is 5.56 Å². The molecule has 3 rings (SSSR count).